The Hall–Kier alpha value is -3.84. The van der Waals surface area contributed by atoms with Gasteiger partial charge >= 0.3 is 0 Å². The number of hydrogen-bond donors (Lipinski definition) is 0. The van der Waals surface area contributed by atoms with Crippen LogP contribution in [0.3, 0.4) is 0 Å². The summed E-state index contributed by atoms with van der Waals surface area (Å²) in [5.41, 5.74) is 9.99. The Morgan fingerprint density at radius 1 is 0.463 bits per heavy atom. The van der Waals surface area contributed by atoms with E-state index in [-0.39, 0.29) is 5.41 Å². The molecule has 0 amide bonds. The molecule has 0 nitrogen and oxygen atoms in total. The van der Waals surface area contributed by atoms with Crippen LogP contribution in [0.15, 0.2) is 103 Å². The van der Waals surface area contributed by atoms with Gasteiger partial charge in [0, 0.05) is 5.41 Å². The maximum atomic E-state index is 6.88. The van der Waals surface area contributed by atoms with Crippen molar-refractivity contribution >= 4 is 45.6 Å². The van der Waals surface area contributed by atoms with Gasteiger partial charge in [-0.1, -0.05) is 109 Å². The van der Waals surface area contributed by atoms with E-state index in [9.17, 15) is 0 Å². The summed E-state index contributed by atoms with van der Waals surface area (Å²) >= 11 is 0. The summed E-state index contributed by atoms with van der Waals surface area (Å²) in [6.07, 6.45) is 6.99. The van der Waals surface area contributed by atoms with Gasteiger partial charge in [-0.05, 0) is 121 Å². The number of benzene rings is 6. The van der Waals surface area contributed by atoms with Crippen molar-refractivity contribution < 1.29 is 0 Å². The van der Waals surface area contributed by atoms with Crippen LogP contribution in [0.2, 0.25) is 0 Å². The average Bonchev–Trinajstić information content (AvgIpc) is 3.32. The third-order valence-electron chi connectivity index (χ3n) is 11.8. The minimum Gasteiger partial charge on any atom is -0.0812 e. The fraction of sp³-hybridized carbons (Fsp3) is 0.250. The SMILES string of the molecule is [B]c1c2ccccc2c(-c2cccc3c2C2(c4c-3ccc3ccccc43)C3CC4CC(C3)CC2C4)c2ccccc12. The van der Waals surface area contributed by atoms with Crippen molar-refractivity contribution in [2.45, 2.75) is 37.5 Å². The van der Waals surface area contributed by atoms with E-state index in [0.717, 1.165) is 17.3 Å². The van der Waals surface area contributed by atoms with Crippen molar-refractivity contribution in [2.24, 2.45) is 23.7 Å². The zero-order chi connectivity index (χ0) is 26.9. The summed E-state index contributed by atoms with van der Waals surface area (Å²) < 4.78 is 0. The lowest BCUT2D eigenvalue weighted by Gasteiger charge is -2.61. The number of fused-ring (bicyclic) bond motifs is 7. The Morgan fingerprint density at radius 3 is 1.66 bits per heavy atom. The fourth-order valence-electron chi connectivity index (χ4n) is 10.7. The Balaban J connectivity index is 1.39. The highest BCUT2D eigenvalue weighted by atomic mass is 14.7. The first-order valence-electron chi connectivity index (χ1n) is 15.6. The predicted molar refractivity (Wildman–Crippen MR) is 173 cm³/mol. The van der Waals surface area contributed by atoms with E-state index in [2.05, 4.69) is 103 Å². The van der Waals surface area contributed by atoms with E-state index in [4.69, 9.17) is 7.85 Å². The van der Waals surface area contributed by atoms with Gasteiger partial charge in [0.15, 0.2) is 0 Å². The van der Waals surface area contributed by atoms with Crippen molar-refractivity contribution in [3.8, 4) is 22.3 Å². The number of rotatable bonds is 1. The molecule has 5 aliphatic carbocycles. The average molecular weight is 523 g/mol. The largest absolute Gasteiger partial charge is 0.115 e. The molecule has 0 heterocycles. The third kappa shape index (κ3) is 2.74. The van der Waals surface area contributed by atoms with Crippen LogP contribution in [0.1, 0.15) is 43.2 Å². The molecule has 6 aromatic carbocycles. The molecule has 1 spiro atoms. The summed E-state index contributed by atoms with van der Waals surface area (Å²) in [6, 6.07) is 38.9. The fourth-order valence-corrected chi connectivity index (χ4v) is 10.7. The standard InChI is InChI=1S/C40H31B/c41-39-33-12-5-3-10-29(33)36(30-11-4-6-13-34(30)39)35-15-7-14-31-32-17-16-25-8-1-2-9-28(25)37(32)40(38(31)35)26-19-23-18-24(21-26)22-27(40)20-23/h1-17,23-24,26-27H,18-22H2. The van der Waals surface area contributed by atoms with Gasteiger partial charge in [0.1, 0.15) is 7.85 Å². The van der Waals surface area contributed by atoms with E-state index < -0.39 is 0 Å². The molecule has 0 unspecified atom stereocenters. The summed E-state index contributed by atoms with van der Waals surface area (Å²) in [6.45, 7) is 0. The molecule has 11 rings (SSSR count). The van der Waals surface area contributed by atoms with E-state index in [0.29, 0.717) is 11.8 Å². The highest BCUT2D eigenvalue weighted by Gasteiger charge is 2.62. The van der Waals surface area contributed by atoms with Crippen molar-refractivity contribution in [1.82, 2.24) is 0 Å². The van der Waals surface area contributed by atoms with Crippen molar-refractivity contribution in [3.05, 3.63) is 114 Å². The van der Waals surface area contributed by atoms with Crippen LogP contribution in [0.25, 0.3) is 54.6 Å². The Bertz CT molecular complexity index is 2000. The van der Waals surface area contributed by atoms with E-state index in [1.165, 1.54) is 86.7 Å². The maximum absolute atomic E-state index is 6.88. The summed E-state index contributed by atoms with van der Waals surface area (Å²) in [7, 11) is 6.88. The molecular weight excluding hydrogens is 491 g/mol. The second kappa shape index (κ2) is 7.92. The Labute approximate surface area is 242 Å². The van der Waals surface area contributed by atoms with Gasteiger partial charge < -0.3 is 0 Å². The second-order valence-corrected chi connectivity index (χ2v) is 13.5. The van der Waals surface area contributed by atoms with Crippen LogP contribution in [0, 0.1) is 23.7 Å². The zero-order valence-electron chi connectivity index (χ0n) is 23.2. The summed E-state index contributed by atoms with van der Waals surface area (Å²) in [5.74, 6) is 3.24. The zero-order valence-corrected chi connectivity index (χ0v) is 23.2. The minimum atomic E-state index is 0.0686. The van der Waals surface area contributed by atoms with Crippen LogP contribution in [-0.4, -0.2) is 7.85 Å². The van der Waals surface area contributed by atoms with Crippen molar-refractivity contribution in [2.75, 3.05) is 0 Å². The Kier molecular flexibility index (Phi) is 4.40. The van der Waals surface area contributed by atoms with Gasteiger partial charge in [0.05, 0.1) is 0 Å². The first-order chi connectivity index (χ1) is 20.2. The highest BCUT2D eigenvalue weighted by molar-refractivity contribution is 6.46. The van der Waals surface area contributed by atoms with Crippen molar-refractivity contribution in [1.29, 1.82) is 0 Å². The van der Waals surface area contributed by atoms with Crippen LogP contribution in [0.5, 0.6) is 0 Å². The maximum Gasteiger partial charge on any atom is 0.115 e. The van der Waals surface area contributed by atoms with Crippen LogP contribution in [0.4, 0.5) is 0 Å². The van der Waals surface area contributed by atoms with E-state index in [1.807, 2.05) is 0 Å². The summed E-state index contributed by atoms with van der Waals surface area (Å²) in [5, 5.41) is 7.75. The van der Waals surface area contributed by atoms with E-state index in [1.54, 1.807) is 11.1 Å². The first-order valence-corrected chi connectivity index (χ1v) is 15.6. The van der Waals surface area contributed by atoms with Crippen LogP contribution >= 0.6 is 0 Å². The second-order valence-electron chi connectivity index (χ2n) is 13.5. The van der Waals surface area contributed by atoms with Gasteiger partial charge in [-0.25, -0.2) is 0 Å². The van der Waals surface area contributed by atoms with E-state index >= 15 is 0 Å². The van der Waals surface area contributed by atoms with Gasteiger partial charge in [-0.15, -0.1) is 0 Å². The topological polar surface area (TPSA) is 0 Å². The molecule has 0 aromatic heterocycles. The van der Waals surface area contributed by atoms with Gasteiger partial charge in [0.25, 0.3) is 0 Å². The molecule has 0 aliphatic heterocycles. The molecule has 0 saturated heterocycles. The predicted octanol–water partition coefficient (Wildman–Crippen LogP) is 9.33. The molecular formula is C40H31B. The lowest BCUT2D eigenvalue weighted by atomic mass is 9.42. The third-order valence-corrected chi connectivity index (χ3v) is 11.8. The van der Waals surface area contributed by atoms with Crippen molar-refractivity contribution in [3.63, 3.8) is 0 Å². The molecule has 5 aliphatic rings. The molecule has 41 heavy (non-hydrogen) atoms. The molecule has 1 heteroatoms. The number of hydrogen-bond acceptors (Lipinski definition) is 0. The molecule has 4 saturated carbocycles. The molecule has 6 aromatic rings. The molecule has 194 valence electrons. The molecule has 0 N–H and O–H groups in total. The van der Waals surface area contributed by atoms with Gasteiger partial charge in [-0.2, -0.15) is 0 Å². The van der Waals surface area contributed by atoms with Gasteiger partial charge in [0.2, 0.25) is 0 Å². The normalized spacial score (nSPS) is 27.2. The molecule has 4 bridgehead atoms. The van der Waals surface area contributed by atoms with Crippen LogP contribution in [-0.2, 0) is 5.41 Å². The highest BCUT2D eigenvalue weighted by Crippen LogP contribution is 2.71. The molecule has 2 radical (unpaired) electrons. The Morgan fingerprint density at radius 2 is 1.00 bits per heavy atom. The quantitative estimate of drug-likeness (QED) is 0.149. The molecule has 4 fully saturated rings. The lowest BCUT2D eigenvalue weighted by Crippen LogP contribution is -2.55. The lowest BCUT2D eigenvalue weighted by molar-refractivity contribution is -0.0391. The van der Waals surface area contributed by atoms with Gasteiger partial charge in [-0.3, -0.25) is 0 Å². The minimum absolute atomic E-state index is 0.0686. The first kappa shape index (κ1) is 22.8. The smallest absolute Gasteiger partial charge is 0.0812 e. The molecule has 0 atom stereocenters. The summed E-state index contributed by atoms with van der Waals surface area (Å²) in [4.78, 5) is 0. The van der Waals surface area contributed by atoms with Crippen LogP contribution < -0.4 is 5.46 Å². The monoisotopic (exact) mass is 522 g/mol.